The number of nitrogens with zero attached hydrogens (tertiary/aromatic N) is 2. The van der Waals surface area contributed by atoms with Gasteiger partial charge in [-0.1, -0.05) is 24.3 Å². The molecule has 30 heavy (non-hydrogen) atoms. The van der Waals surface area contributed by atoms with Gasteiger partial charge in [0.1, 0.15) is 15.7 Å². The van der Waals surface area contributed by atoms with Crippen LogP contribution in [0.1, 0.15) is 47.3 Å². The molecule has 0 saturated carbocycles. The fourth-order valence-electron chi connectivity index (χ4n) is 4.64. The van der Waals surface area contributed by atoms with Crippen LogP contribution in [0.4, 0.5) is 10.1 Å². The standard InChI is InChI=1S/C23H29B2FN2O2/c1-15-8-9-27(12-16(2)30-15)13-17-10-19-20(21(11-17)23(24,25)26)14-28(22(19)29)18-6-4-3-5-7-18/h3-7,10-11,15-16H,8-9,12-14,24-25H2,1-2H3. The van der Waals surface area contributed by atoms with Gasteiger partial charge in [-0.05, 0) is 55.2 Å². The monoisotopic (exact) mass is 406 g/mol. The third-order valence-corrected chi connectivity index (χ3v) is 6.05. The number of carbonyl (C=O) groups excluding carboxylic acids is 1. The van der Waals surface area contributed by atoms with Crippen LogP contribution >= 0.6 is 0 Å². The first-order chi connectivity index (χ1) is 14.2. The highest BCUT2D eigenvalue weighted by Crippen LogP contribution is 2.36. The Balaban J connectivity index is 1.67. The van der Waals surface area contributed by atoms with E-state index in [1.807, 2.05) is 42.5 Å². The van der Waals surface area contributed by atoms with Crippen LogP contribution < -0.4 is 4.90 Å². The molecule has 156 valence electrons. The molecule has 7 heteroatoms. The number of hydrogen-bond acceptors (Lipinski definition) is 3. The van der Waals surface area contributed by atoms with E-state index >= 15 is 4.39 Å². The lowest BCUT2D eigenvalue weighted by molar-refractivity contribution is 0.0138. The fourth-order valence-corrected chi connectivity index (χ4v) is 4.64. The topological polar surface area (TPSA) is 32.8 Å². The summed E-state index contributed by atoms with van der Waals surface area (Å²) in [5.41, 5.74) is 2.37. The molecule has 2 aromatic rings. The van der Waals surface area contributed by atoms with Gasteiger partial charge >= 0.3 is 0 Å². The molecule has 0 bridgehead atoms. The van der Waals surface area contributed by atoms with Crippen molar-refractivity contribution in [3.63, 3.8) is 0 Å². The van der Waals surface area contributed by atoms with Crippen LogP contribution in [0.5, 0.6) is 0 Å². The average molecular weight is 406 g/mol. The van der Waals surface area contributed by atoms with Gasteiger partial charge < -0.3 is 9.64 Å². The zero-order valence-electron chi connectivity index (χ0n) is 18.3. The average Bonchev–Trinajstić information content (AvgIpc) is 2.92. The third-order valence-electron chi connectivity index (χ3n) is 6.05. The normalized spacial score (nSPS) is 22.8. The van der Waals surface area contributed by atoms with Crippen LogP contribution in [0.2, 0.25) is 0 Å². The summed E-state index contributed by atoms with van der Waals surface area (Å²) in [4.78, 5) is 17.3. The van der Waals surface area contributed by atoms with Crippen LogP contribution in [0.15, 0.2) is 42.5 Å². The largest absolute Gasteiger partial charge is 0.374 e. The molecular formula is C23H29B2FN2O2. The maximum atomic E-state index is 15.2. The highest BCUT2D eigenvalue weighted by atomic mass is 19.1. The van der Waals surface area contributed by atoms with E-state index < -0.39 is 5.47 Å². The molecule has 2 heterocycles. The van der Waals surface area contributed by atoms with Crippen molar-refractivity contribution in [2.75, 3.05) is 18.0 Å². The quantitative estimate of drug-likeness (QED) is 0.731. The fraction of sp³-hybridized carbons (Fsp3) is 0.435. The minimum Gasteiger partial charge on any atom is -0.374 e. The molecule has 1 amide bonds. The van der Waals surface area contributed by atoms with Gasteiger partial charge in [0.2, 0.25) is 0 Å². The zero-order chi connectivity index (χ0) is 21.5. The van der Waals surface area contributed by atoms with Gasteiger partial charge in [-0.3, -0.25) is 14.1 Å². The number of para-hydroxylation sites is 1. The van der Waals surface area contributed by atoms with Gasteiger partial charge in [0, 0.05) is 30.9 Å². The molecule has 2 aromatic carbocycles. The first-order valence-electron chi connectivity index (χ1n) is 10.8. The number of alkyl halides is 1. The van der Waals surface area contributed by atoms with Gasteiger partial charge in [0.25, 0.3) is 5.91 Å². The van der Waals surface area contributed by atoms with E-state index in [0.717, 1.165) is 36.3 Å². The molecule has 0 radical (unpaired) electrons. The maximum Gasteiger partial charge on any atom is 0.258 e. The molecule has 0 aromatic heterocycles. The number of fused-ring (bicyclic) bond motifs is 1. The second-order valence-electron chi connectivity index (χ2n) is 9.15. The highest BCUT2D eigenvalue weighted by molar-refractivity contribution is 6.39. The lowest BCUT2D eigenvalue weighted by Gasteiger charge is -2.24. The van der Waals surface area contributed by atoms with E-state index in [1.165, 1.54) is 0 Å². The van der Waals surface area contributed by atoms with Gasteiger partial charge in [0.05, 0.1) is 24.2 Å². The van der Waals surface area contributed by atoms with E-state index in [9.17, 15) is 4.79 Å². The van der Waals surface area contributed by atoms with Crippen molar-refractivity contribution >= 4 is 27.3 Å². The van der Waals surface area contributed by atoms with E-state index in [2.05, 4.69) is 18.7 Å². The highest BCUT2D eigenvalue weighted by Gasteiger charge is 2.35. The SMILES string of the molecule is BC(B)(F)c1cc(CN2CCC(C)OC(C)C2)cc2c1CN(c1ccccc1)C2=O. The summed E-state index contributed by atoms with van der Waals surface area (Å²) in [6.07, 6.45) is 1.37. The van der Waals surface area contributed by atoms with E-state index in [1.54, 1.807) is 20.6 Å². The second kappa shape index (κ2) is 8.20. The lowest BCUT2D eigenvalue weighted by atomic mass is 9.61. The number of amides is 1. The molecule has 2 atom stereocenters. The molecule has 4 rings (SSSR count). The Morgan fingerprint density at radius 2 is 1.90 bits per heavy atom. The van der Waals surface area contributed by atoms with Crippen LogP contribution in [0, 0.1) is 0 Å². The Bertz CT molecular complexity index is 933. The van der Waals surface area contributed by atoms with Crippen molar-refractivity contribution in [1.82, 2.24) is 4.90 Å². The van der Waals surface area contributed by atoms with Crippen molar-refractivity contribution < 1.29 is 13.9 Å². The molecule has 2 aliphatic rings. The Labute approximate surface area is 180 Å². The summed E-state index contributed by atoms with van der Waals surface area (Å²) in [5.74, 6) is -0.0512. The summed E-state index contributed by atoms with van der Waals surface area (Å²) < 4.78 is 21.2. The molecule has 1 fully saturated rings. The molecule has 0 spiro atoms. The Kier molecular flexibility index (Phi) is 5.78. The van der Waals surface area contributed by atoms with Crippen LogP contribution in [0.25, 0.3) is 0 Å². The molecule has 1 saturated heterocycles. The number of rotatable bonds is 4. The van der Waals surface area contributed by atoms with Gasteiger partial charge in [-0.15, -0.1) is 0 Å². The molecular weight excluding hydrogens is 377 g/mol. The minimum absolute atomic E-state index is 0.0512. The number of hydrogen-bond donors (Lipinski definition) is 0. The van der Waals surface area contributed by atoms with Crippen LogP contribution in [-0.4, -0.2) is 51.8 Å². The first-order valence-corrected chi connectivity index (χ1v) is 10.8. The summed E-state index contributed by atoms with van der Waals surface area (Å²) in [5, 5.41) is 0. The molecule has 0 N–H and O–H groups in total. The molecule has 4 nitrogen and oxygen atoms in total. The molecule has 2 aliphatic heterocycles. The van der Waals surface area contributed by atoms with Gasteiger partial charge in [-0.25, -0.2) is 0 Å². The Morgan fingerprint density at radius 1 is 1.17 bits per heavy atom. The molecule has 2 unspecified atom stereocenters. The number of anilines is 1. The lowest BCUT2D eigenvalue weighted by Crippen LogP contribution is -2.30. The van der Waals surface area contributed by atoms with Crippen molar-refractivity contribution in [1.29, 1.82) is 0 Å². The smallest absolute Gasteiger partial charge is 0.258 e. The maximum absolute atomic E-state index is 15.2. The summed E-state index contributed by atoms with van der Waals surface area (Å²) in [6, 6.07) is 13.5. The van der Waals surface area contributed by atoms with Gasteiger partial charge in [0.15, 0.2) is 0 Å². The van der Waals surface area contributed by atoms with E-state index in [0.29, 0.717) is 24.2 Å². The first kappa shape index (κ1) is 21.1. The van der Waals surface area contributed by atoms with Crippen molar-refractivity contribution in [3.05, 3.63) is 64.7 Å². The predicted octanol–water partition coefficient (Wildman–Crippen LogP) is 2.19. The van der Waals surface area contributed by atoms with E-state index in [4.69, 9.17) is 4.74 Å². The summed E-state index contributed by atoms with van der Waals surface area (Å²) >= 11 is 0. The van der Waals surface area contributed by atoms with E-state index in [-0.39, 0.29) is 18.1 Å². The van der Waals surface area contributed by atoms with Crippen LogP contribution in [0.3, 0.4) is 0 Å². The second-order valence-corrected chi connectivity index (χ2v) is 9.15. The number of carbonyl (C=O) groups is 1. The number of halogens is 1. The zero-order valence-corrected chi connectivity index (χ0v) is 18.3. The van der Waals surface area contributed by atoms with Gasteiger partial charge in [-0.2, -0.15) is 0 Å². The summed E-state index contributed by atoms with van der Waals surface area (Å²) in [7, 11) is 3.15. The predicted molar refractivity (Wildman–Crippen MR) is 123 cm³/mol. The van der Waals surface area contributed by atoms with Crippen molar-refractivity contribution in [3.8, 4) is 0 Å². The Morgan fingerprint density at radius 3 is 2.60 bits per heavy atom. The Hall–Kier alpha value is -2.11. The van der Waals surface area contributed by atoms with Crippen molar-refractivity contribution in [2.45, 2.75) is 51.0 Å². The number of ether oxygens (including phenoxy) is 1. The van der Waals surface area contributed by atoms with Crippen molar-refractivity contribution in [2.24, 2.45) is 0 Å². The number of benzene rings is 2. The summed E-state index contributed by atoms with van der Waals surface area (Å²) in [6.45, 7) is 7.06. The third kappa shape index (κ3) is 4.33. The van der Waals surface area contributed by atoms with Crippen LogP contribution in [-0.2, 0) is 23.3 Å². The minimum atomic E-state index is -1.52. The molecule has 0 aliphatic carbocycles.